The molecular formula is C14H19F2NO. The standard InChI is InChI=1S/C14H19F2NO/c1-18-10-14(5-2-6-14)9-17-8-11-3-4-12(15)13(16)7-11/h3-4,7,17H,2,5-6,8-10H2,1H3. The third kappa shape index (κ3) is 3.06. The van der Waals surface area contributed by atoms with E-state index in [1.165, 1.54) is 31.4 Å². The maximum absolute atomic E-state index is 13.0. The number of hydrogen-bond acceptors (Lipinski definition) is 2. The molecule has 2 nitrogen and oxygen atoms in total. The van der Waals surface area contributed by atoms with Crippen molar-refractivity contribution in [3.05, 3.63) is 35.4 Å². The Labute approximate surface area is 106 Å². The average molecular weight is 255 g/mol. The minimum atomic E-state index is -0.798. The van der Waals surface area contributed by atoms with Crippen LogP contribution >= 0.6 is 0 Å². The summed E-state index contributed by atoms with van der Waals surface area (Å²) in [7, 11) is 1.72. The van der Waals surface area contributed by atoms with E-state index in [-0.39, 0.29) is 5.41 Å². The summed E-state index contributed by atoms with van der Waals surface area (Å²) in [5, 5.41) is 3.31. The lowest BCUT2D eigenvalue weighted by molar-refractivity contribution is 0.0177. The van der Waals surface area contributed by atoms with Gasteiger partial charge in [0.25, 0.3) is 0 Å². The van der Waals surface area contributed by atoms with E-state index >= 15 is 0 Å². The fourth-order valence-electron chi connectivity index (χ4n) is 2.48. The fourth-order valence-corrected chi connectivity index (χ4v) is 2.48. The van der Waals surface area contributed by atoms with Gasteiger partial charge in [-0.2, -0.15) is 0 Å². The molecule has 0 aliphatic heterocycles. The van der Waals surface area contributed by atoms with Crippen LogP contribution in [0.4, 0.5) is 8.78 Å². The van der Waals surface area contributed by atoms with Gasteiger partial charge in [0.2, 0.25) is 0 Å². The molecular weight excluding hydrogens is 236 g/mol. The molecule has 0 amide bonds. The van der Waals surface area contributed by atoms with Crippen molar-refractivity contribution in [2.75, 3.05) is 20.3 Å². The zero-order valence-electron chi connectivity index (χ0n) is 10.6. The summed E-state index contributed by atoms with van der Waals surface area (Å²) in [6, 6.07) is 4.02. The molecule has 0 unspecified atom stereocenters. The molecule has 1 fully saturated rings. The van der Waals surface area contributed by atoms with Crippen molar-refractivity contribution >= 4 is 0 Å². The van der Waals surface area contributed by atoms with Crippen LogP contribution in [-0.4, -0.2) is 20.3 Å². The largest absolute Gasteiger partial charge is 0.384 e. The fraction of sp³-hybridized carbons (Fsp3) is 0.571. The van der Waals surface area contributed by atoms with Gasteiger partial charge in [-0.3, -0.25) is 0 Å². The first-order valence-corrected chi connectivity index (χ1v) is 6.29. The van der Waals surface area contributed by atoms with Crippen LogP contribution in [0.25, 0.3) is 0 Å². The second-order valence-electron chi connectivity index (χ2n) is 5.14. The second-order valence-corrected chi connectivity index (χ2v) is 5.14. The molecule has 1 saturated carbocycles. The summed E-state index contributed by atoms with van der Waals surface area (Å²) < 4.78 is 31.0. The monoisotopic (exact) mass is 255 g/mol. The Morgan fingerprint density at radius 1 is 1.28 bits per heavy atom. The van der Waals surface area contributed by atoms with Gasteiger partial charge in [-0.1, -0.05) is 12.5 Å². The molecule has 0 radical (unpaired) electrons. The number of rotatable bonds is 6. The Balaban J connectivity index is 1.82. The molecule has 0 saturated heterocycles. The van der Waals surface area contributed by atoms with E-state index in [2.05, 4.69) is 5.32 Å². The summed E-state index contributed by atoms with van der Waals surface area (Å²) in [5.74, 6) is -1.59. The molecule has 0 heterocycles. The van der Waals surface area contributed by atoms with Crippen LogP contribution in [-0.2, 0) is 11.3 Å². The SMILES string of the molecule is COCC1(CNCc2ccc(F)c(F)c2)CCC1. The molecule has 100 valence electrons. The highest BCUT2D eigenvalue weighted by Gasteiger charge is 2.36. The quantitative estimate of drug-likeness (QED) is 0.844. The molecule has 0 bridgehead atoms. The second kappa shape index (κ2) is 5.76. The minimum Gasteiger partial charge on any atom is -0.384 e. The highest BCUT2D eigenvalue weighted by molar-refractivity contribution is 5.17. The zero-order valence-corrected chi connectivity index (χ0v) is 10.6. The molecule has 1 aromatic carbocycles. The number of methoxy groups -OCH3 is 1. The molecule has 1 N–H and O–H groups in total. The van der Waals surface area contributed by atoms with Crippen molar-refractivity contribution in [2.24, 2.45) is 5.41 Å². The van der Waals surface area contributed by atoms with Crippen molar-refractivity contribution in [2.45, 2.75) is 25.8 Å². The summed E-state index contributed by atoms with van der Waals surface area (Å²) in [6.07, 6.45) is 3.59. The predicted molar refractivity (Wildman–Crippen MR) is 66.2 cm³/mol. The van der Waals surface area contributed by atoms with E-state index < -0.39 is 11.6 Å². The summed E-state index contributed by atoms with van der Waals surface area (Å²) in [5.41, 5.74) is 1.01. The van der Waals surface area contributed by atoms with Crippen molar-refractivity contribution in [1.82, 2.24) is 5.32 Å². The normalized spacial score (nSPS) is 17.5. The number of halogens is 2. The first-order chi connectivity index (χ1) is 8.65. The van der Waals surface area contributed by atoms with Crippen LogP contribution in [0.2, 0.25) is 0 Å². The Morgan fingerprint density at radius 3 is 2.61 bits per heavy atom. The molecule has 0 spiro atoms. The lowest BCUT2D eigenvalue weighted by atomic mass is 9.69. The van der Waals surface area contributed by atoms with Crippen LogP contribution in [0.5, 0.6) is 0 Å². The number of hydrogen-bond donors (Lipinski definition) is 1. The molecule has 1 aliphatic rings. The summed E-state index contributed by atoms with van der Waals surface area (Å²) in [4.78, 5) is 0. The van der Waals surface area contributed by atoms with E-state index in [4.69, 9.17) is 4.74 Å². The maximum Gasteiger partial charge on any atom is 0.159 e. The highest BCUT2D eigenvalue weighted by atomic mass is 19.2. The first-order valence-electron chi connectivity index (χ1n) is 6.29. The van der Waals surface area contributed by atoms with Gasteiger partial charge in [0, 0.05) is 25.6 Å². The van der Waals surface area contributed by atoms with Gasteiger partial charge in [0.15, 0.2) is 11.6 Å². The first kappa shape index (κ1) is 13.4. The Morgan fingerprint density at radius 2 is 2.06 bits per heavy atom. The third-order valence-electron chi connectivity index (χ3n) is 3.68. The topological polar surface area (TPSA) is 21.3 Å². The zero-order chi connectivity index (χ0) is 13.0. The lowest BCUT2D eigenvalue weighted by Crippen LogP contribution is -2.43. The maximum atomic E-state index is 13.0. The van der Waals surface area contributed by atoms with Crippen molar-refractivity contribution in [3.8, 4) is 0 Å². The van der Waals surface area contributed by atoms with Crippen LogP contribution in [0.1, 0.15) is 24.8 Å². The van der Waals surface area contributed by atoms with Crippen LogP contribution in [0, 0.1) is 17.0 Å². The smallest absolute Gasteiger partial charge is 0.159 e. The van der Waals surface area contributed by atoms with Crippen LogP contribution in [0.3, 0.4) is 0 Å². The van der Waals surface area contributed by atoms with E-state index in [9.17, 15) is 8.78 Å². The van der Waals surface area contributed by atoms with Gasteiger partial charge in [-0.15, -0.1) is 0 Å². The van der Waals surface area contributed by atoms with Gasteiger partial charge in [-0.25, -0.2) is 8.78 Å². The highest BCUT2D eigenvalue weighted by Crippen LogP contribution is 2.40. The van der Waals surface area contributed by atoms with Crippen LogP contribution in [0.15, 0.2) is 18.2 Å². The Hall–Kier alpha value is -1.00. The average Bonchev–Trinajstić information content (AvgIpc) is 2.30. The van der Waals surface area contributed by atoms with E-state index in [1.807, 2.05) is 0 Å². The molecule has 4 heteroatoms. The third-order valence-corrected chi connectivity index (χ3v) is 3.68. The Kier molecular flexibility index (Phi) is 4.30. The number of ether oxygens (including phenoxy) is 1. The van der Waals surface area contributed by atoms with Crippen LogP contribution < -0.4 is 5.32 Å². The van der Waals surface area contributed by atoms with Gasteiger partial charge < -0.3 is 10.1 Å². The number of nitrogens with one attached hydrogen (secondary N) is 1. The van der Waals surface area contributed by atoms with Crippen molar-refractivity contribution < 1.29 is 13.5 Å². The van der Waals surface area contributed by atoms with Gasteiger partial charge in [0.05, 0.1) is 6.61 Å². The van der Waals surface area contributed by atoms with Crippen molar-refractivity contribution in [1.29, 1.82) is 0 Å². The van der Waals surface area contributed by atoms with Crippen molar-refractivity contribution in [3.63, 3.8) is 0 Å². The molecule has 1 aromatic rings. The number of benzene rings is 1. The molecule has 0 aromatic heterocycles. The van der Waals surface area contributed by atoms with E-state index in [0.29, 0.717) is 6.54 Å². The summed E-state index contributed by atoms with van der Waals surface area (Å²) >= 11 is 0. The molecule has 2 rings (SSSR count). The van der Waals surface area contributed by atoms with E-state index in [1.54, 1.807) is 13.2 Å². The minimum absolute atomic E-state index is 0.243. The molecule has 18 heavy (non-hydrogen) atoms. The molecule has 1 aliphatic carbocycles. The molecule has 0 atom stereocenters. The van der Waals surface area contributed by atoms with Gasteiger partial charge >= 0.3 is 0 Å². The predicted octanol–water partition coefficient (Wildman–Crippen LogP) is 2.87. The Bertz CT molecular complexity index is 405. The van der Waals surface area contributed by atoms with Gasteiger partial charge in [-0.05, 0) is 30.5 Å². The van der Waals surface area contributed by atoms with E-state index in [0.717, 1.165) is 18.7 Å². The lowest BCUT2D eigenvalue weighted by Gasteiger charge is -2.41. The summed E-state index contributed by atoms with van der Waals surface area (Å²) in [6.45, 7) is 2.18. The van der Waals surface area contributed by atoms with Gasteiger partial charge in [0.1, 0.15) is 0 Å².